The molecule has 0 aliphatic heterocycles. The van der Waals surface area contributed by atoms with Crippen molar-refractivity contribution in [1.82, 2.24) is 9.55 Å². The minimum absolute atomic E-state index is 0. The molecule has 3 aromatic rings. The molecule has 0 aliphatic rings. The number of hydrogen-bond acceptors (Lipinski definition) is 3. The number of hydrogen-bond donors (Lipinski definition) is 1. The number of aromatic nitrogens is 2. The first-order valence-electron chi connectivity index (χ1n) is 8.30. The van der Waals surface area contributed by atoms with Crippen LogP contribution in [0.5, 0.6) is 5.75 Å². The molecule has 0 amide bonds. The van der Waals surface area contributed by atoms with E-state index in [0.29, 0.717) is 13.0 Å². The fourth-order valence-electron chi connectivity index (χ4n) is 2.79. The lowest BCUT2D eigenvalue weighted by Crippen LogP contribution is -2.12. The summed E-state index contributed by atoms with van der Waals surface area (Å²) in [6.07, 6.45) is 0.514. The molecule has 5 nitrogen and oxygen atoms in total. The van der Waals surface area contributed by atoms with Crippen molar-refractivity contribution < 1.29 is 14.6 Å². The number of aryl methyl sites for hydroxylation is 2. The molecule has 1 N–H and O–H groups in total. The van der Waals surface area contributed by atoms with Crippen molar-refractivity contribution in [2.45, 2.75) is 26.9 Å². The summed E-state index contributed by atoms with van der Waals surface area (Å²) >= 11 is 0. The number of imidazole rings is 1. The highest BCUT2D eigenvalue weighted by Gasteiger charge is 2.12. The second-order valence-electron chi connectivity index (χ2n) is 6.46. The molecule has 0 saturated heterocycles. The third-order valence-electron chi connectivity index (χ3n) is 4.38. The van der Waals surface area contributed by atoms with Gasteiger partial charge in [0.1, 0.15) is 18.2 Å². The summed E-state index contributed by atoms with van der Waals surface area (Å²) < 4.78 is 7.89. The molecule has 1 atom stereocenters. The molecule has 3 rings (SSSR count). The monoisotopic (exact) mass is 374 g/mol. The van der Waals surface area contributed by atoms with Crippen molar-refractivity contribution in [3.8, 4) is 5.75 Å². The van der Waals surface area contributed by atoms with Gasteiger partial charge in [0.2, 0.25) is 0 Å². The van der Waals surface area contributed by atoms with Crippen LogP contribution in [0.4, 0.5) is 0 Å². The zero-order valence-electron chi connectivity index (χ0n) is 15.1. The Balaban J connectivity index is 0.00000243. The van der Waals surface area contributed by atoms with Crippen LogP contribution in [0.15, 0.2) is 42.5 Å². The van der Waals surface area contributed by atoms with Crippen LogP contribution in [0.25, 0.3) is 11.0 Å². The van der Waals surface area contributed by atoms with Crippen LogP contribution >= 0.6 is 12.4 Å². The van der Waals surface area contributed by atoms with Crippen LogP contribution in [0.3, 0.4) is 0 Å². The quantitative estimate of drug-likeness (QED) is 0.704. The minimum Gasteiger partial charge on any atom is -0.486 e. The van der Waals surface area contributed by atoms with E-state index >= 15 is 0 Å². The third-order valence-corrected chi connectivity index (χ3v) is 4.38. The first kappa shape index (κ1) is 19.8. The largest absolute Gasteiger partial charge is 0.486 e. The predicted molar refractivity (Wildman–Crippen MR) is 104 cm³/mol. The highest BCUT2D eigenvalue weighted by atomic mass is 35.5. The van der Waals surface area contributed by atoms with Crippen LogP contribution in [0.1, 0.15) is 23.9 Å². The van der Waals surface area contributed by atoms with E-state index < -0.39 is 11.9 Å². The number of nitrogens with zero attached hydrogens (tertiary/aromatic N) is 2. The van der Waals surface area contributed by atoms with E-state index in [1.54, 1.807) is 6.92 Å². The Hall–Kier alpha value is -2.53. The second-order valence-corrected chi connectivity index (χ2v) is 6.46. The molecule has 6 heteroatoms. The number of carboxylic acids is 1. The molecule has 2 aromatic carbocycles. The van der Waals surface area contributed by atoms with Gasteiger partial charge in [-0.05, 0) is 48.7 Å². The van der Waals surface area contributed by atoms with Gasteiger partial charge >= 0.3 is 5.97 Å². The molecule has 0 spiro atoms. The van der Waals surface area contributed by atoms with Crippen molar-refractivity contribution in [1.29, 1.82) is 0 Å². The van der Waals surface area contributed by atoms with E-state index in [1.807, 2.05) is 41.9 Å². The van der Waals surface area contributed by atoms with Gasteiger partial charge in [0, 0.05) is 7.05 Å². The lowest BCUT2D eigenvalue weighted by molar-refractivity contribution is -0.141. The molecule has 0 aliphatic carbocycles. The lowest BCUT2D eigenvalue weighted by Gasteiger charge is -2.09. The lowest BCUT2D eigenvalue weighted by atomic mass is 10.0. The Morgan fingerprint density at radius 1 is 1.23 bits per heavy atom. The van der Waals surface area contributed by atoms with Gasteiger partial charge in [-0.25, -0.2) is 4.98 Å². The number of carboxylic acid groups (broad SMARTS) is 1. The van der Waals surface area contributed by atoms with Crippen molar-refractivity contribution in [3.63, 3.8) is 0 Å². The molecule has 1 aromatic heterocycles. The van der Waals surface area contributed by atoms with E-state index in [-0.39, 0.29) is 12.4 Å². The molecule has 138 valence electrons. The van der Waals surface area contributed by atoms with E-state index in [2.05, 4.69) is 24.0 Å². The number of aliphatic carboxylic acids is 1. The predicted octanol–water partition coefficient (Wildman–Crippen LogP) is 4.15. The molecule has 26 heavy (non-hydrogen) atoms. The topological polar surface area (TPSA) is 64.3 Å². The zero-order valence-corrected chi connectivity index (χ0v) is 15.9. The summed E-state index contributed by atoms with van der Waals surface area (Å²) in [5.74, 6) is 0.437. The number of ether oxygens (including phenoxy) is 1. The number of rotatable bonds is 6. The van der Waals surface area contributed by atoms with Crippen molar-refractivity contribution in [3.05, 3.63) is 59.4 Å². The maximum Gasteiger partial charge on any atom is 0.306 e. The van der Waals surface area contributed by atoms with E-state index in [9.17, 15) is 4.79 Å². The van der Waals surface area contributed by atoms with Crippen molar-refractivity contribution >= 4 is 29.4 Å². The van der Waals surface area contributed by atoms with E-state index in [1.165, 1.54) is 5.56 Å². The Morgan fingerprint density at radius 2 is 1.92 bits per heavy atom. The first-order valence-corrected chi connectivity index (χ1v) is 8.30. The van der Waals surface area contributed by atoms with Gasteiger partial charge in [-0.3, -0.25) is 4.79 Å². The average Bonchev–Trinajstić information content (AvgIpc) is 2.90. The summed E-state index contributed by atoms with van der Waals surface area (Å²) in [4.78, 5) is 15.5. The third kappa shape index (κ3) is 4.35. The molecule has 0 fully saturated rings. The molecule has 0 radical (unpaired) electrons. The molecule has 0 saturated carbocycles. The van der Waals surface area contributed by atoms with Crippen LogP contribution in [0, 0.1) is 12.8 Å². The number of halogens is 1. The van der Waals surface area contributed by atoms with Gasteiger partial charge in [-0.1, -0.05) is 25.1 Å². The van der Waals surface area contributed by atoms with Crippen LogP contribution in [0.2, 0.25) is 0 Å². The maximum atomic E-state index is 10.9. The molecular weight excluding hydrogens is 352 g/mol. The van der Waals surface area contributed by atoms with Gasteiger partial charge in [0.05, 0.1) is 17.0 Å². The zero-order chi connectivity index (χ0) is 18.0. The average molecular weight is 375 g/mol. The SMILES string of the molecule is Cc1ccc2nc(COc3ccc(CC(C)C(=O)O)cc3)n(C)c2c1.Cl. The number of carbonyl (C=O) groups is 1. The van der Waals surface area contributed by atoms with Gasteiger partial charge in [-0.15, -0.1) is 12.4 Å². The summed E-state index contributed by atoms with van der Waals surface area (Å²) in [6.45, 7) is 4.16. The van der Waals surface area contributed by atoms with Crippen molar-refractivity contribution in [2.75, 3.05) is 0 Å². The van der Waals surface area contributed by atoms with Crippen LogP contribution in [-0.2, 0) is 24.9 Å². The fourth-order valence-corrected chi connectivity index (χ4v) is 2.79. The smallest absolute Gasteiger partial charge is 0.306 e. The number of benzene rings is 2. The fraction of sp³-hybridized carbons (Fsp3) is 0.300. The first-order chi connectivity index (χ1) is 11.9. The molecule has 1 heterocycles. The Bertz CT molecular complexity index is 903. The highest BCUT2D eigenvalue weighted by molar-refractivity contribution is 5.85. The molecule has 1 unspecified atom stereocenters. The summed E-state index contributed by atoms with van der Waals surface area (Å²) in [5, 5.41) is 8.98. The summed E-state index contributed by atoms with van der Waals surface area (Å²) in [5.41, 5.74) is 4.25. The minimum atomic E-state index is -0.780. The van der Waals surface area contributed by atoms with E-state index in [0.717, 1.165) is 28.2 Å². The molecular formula is C20H23ClN2O3. The van der Waals surface area contributed by atoms with Crippen LogP contribution < -0.4 is 4.74 Å². The van der Waals surface area contributed by atoms with Gasteiger partial charge in [0.15, 0.2) is 0 Å². The van der Waals surface area contributed by atoms with Gasteiger partial charge < -0.3 is 14.4 Å². The normalized spacial score (nSPS) is 11.8. The van der Waals surface area contributed by atoms with Gasteiger partial charge in [-0.2, -0.15) is 0 Å². The number of fused-ring (bicyclic) bond motifs is 1. The Kier molecular flexibility index (Phi) is 6.27. The van der Waals surface area contributed by atoms with E-state index in [4.69, 9.17) is 9.84 Å². The van der Waals surface area contributed by atoms with Gasteiger partial charge in [0.25, 0.3) is 0 Å². The maximum absolute atomic E-state index is 10.9. The summed E-state index contributed by atoms with van der Waals surface area (Å²) in [6, 6.07) is 13.8. The highest BCUT2D eigenvalue weighted by Crippen LogP contribution is 2.19. The van der Waals surface area contributed by atoms with Crippen molar-refractivity contribution in [2.24, 2.45) is 13.0 Å². The molecule has 0 bridgehead atoms. The Labute approximate surface area is 159 Å². The summed E-state index contributed by atoms with van der Waals surface area (Å²) in [7, 11) is 1.99. The van der Waals surface area contributed by atoms with Crippen LogP contribution in [-0.4, -0.2) is 20.6 Å². The standard InChI is InChI=1S/C20H22N2O3.ClH/c1-13-4-9-17-18(10-13)22(3)19(21-17)12-25-16-7-5-15(6-8-16)11-14(2)20(23)24;/h4-10,14H,11-12H2,1-3H3,(H,23,24);1H. The second kappa shape index (κ2) is 8.23. The Morgan fingerprint density at radius 3 is 2.58 bits per heavy atom.